The summed E-state index contributed by atoms with van der Waals surface area (Å²) in [5.74, 6) is 1.35. The van der Waals surface area contributed by atoms with E-state index in [4.69, 9.17) is 4.74 Å². The van der Waals surface area contributed by atoms with Crippen LogP contribution in [-0.2, 0) is 9.84 Å². The molecule has 7 nitrogen and oxygen atoms in total. The summed E-state index contributed by atoms with van der Waals surface area (Å²) >= 11 is 0. The Labute approximate surface area is 179 Å². The summed E-state index contributed by atoms with van der Waals surface area (Å²) in [6, 6.07) is 7.30. The normalized spacial score (nSPS) is 13.0. The van der Waals surface area contributed by atoms with Gasteiger partial charge in [-0.1, -0.05) is 19.1 Å². The minimum Gasteiger partial charge on any atom is -0.491 e. The van der Waals surface area contributed by atoms with Crippen LogP contribution in [0.3, 0.4) is 0 Å². The topological polar surface area (TPSA) is 100 Å². The van der Waals surface area contributed by atoms with Crippen molar-refractivity contribution in [2.24, 2.45) is 4.99 Å². The molecule has 3 N–H and O–H groups in total. The van der Waals surface area contributed by atoms with Crippen molar-refractivity contribution in [2.45, 2.75) is 39.9 Å². The second-order valence-corrected chi connectivity index (χ2v) is 8.61. The molecule has 1 rings (SSSR count). The Morgan fingerprint density at radius 3 is 2.56 bits per heavy atom. The summed E-state index contributed by atoms with van der Waals surface area (Å²) in [5.41, 5.74) is 0.719. The zero-order valence-corrected chi connectivity index (χ0v) is 19.6. The third kappa shape index (κ3) is 10.7. The molecule has 0 amide bonds. The molecule has 0 radical (unpaired) electrons. The molecular formula is C18H32IN3O4S. The lowest BCUT2D eigenvalue weighted by Crippen LogP contribution is -2.40. The summed E-state index contributed by atoms with van der Waals surface area (Å²) < 4.78 is 28.7. The van der Waals surface area contributed by atoms with Gasteiger partial charge in [0, 0.05) is 18.8 Å². The highest BCUT2D eigenvalue weighted by molar-refractivity contribution is 14.0. The van der Waals surface area contributed by atoms with Gasteiger partial charge < -0.3 is 20.5 Å². The van der Waals surface area contributed by atoms with Gasteiger partial charge in [0.25, 0.3) is 0 Å². The number of aliphatic imine (C=N–C) groups is 1. The van der Waals surface area contributed by atoms with E-state index in [1.54, 1.807) is 13.0 Å². The third-order valence-electron chi connectivity index (χ3n) is 3.53. The molecule has 1 atom stereocenters. The number of nitrogens with zero attached hydrogens (tertiary/aromatic N) is 1. The van der Waals surface area contributed by atoms with Crippen molar-refractivity contribution >= 4 is 39.8 Å². The number of hydrogen-bond acceptors (Lipinski definition) is 5. The summed E-state index contributed by atoms with van der Waals surface area (Å²) in [6.07, 6.45) is -0.718. The van der Waals surface area contributed by atoms with Crippen molar-refractivity contribution in [3.05, 3.63) is 29.8 Å². The van der Waals surface area contributed by atoms with Crippen LogP contribution in [0.25, 0.3) is 0 Å². The Balaban J connectivity index is 0.00000676. The molecule has 0 aliphatic rings. The van der Waals surface area contributed by atoms with Crippen LogP contribution in [0.1, 0.15) is 39.4 Å². The Kier molecular flexibility index (Phi) is 12.6. The first-order valence-corrected chi connectivity index (χ1v) is 10.8. The molecule has 1 aromatic carbocycles. The van der Waals surface area contributed by atoms with Crippen LogP contribution in [0.2, 0.25) is 0 Å². The lowest BCUT2D eigenvalue weighted by molar-refractivity contribution is 0.185. The van der Waals surface area contributed by atoms with Crippen molar-refractivity contribution in [1.82, 2.24) is 10.6 Å². The molecule has 1 unspecified atom stereocenters. The number of aliphatic hydroxyl groups excluding tert-OH is 1. The predicted octanol–water partition coefficient (Wildman–Crippen LogP) is 2.12. The largest absolute Gasteiger partial charge is 0.491 e. The first-order valence-electron chi connectivity index (χ1n) is 8.94. The van der Waals surface area contributed by atoms with E-state index < -0.39 is 15.9 Å². The highest BCUT2D eigenvalue weighted by atomic mass is 127. The zero-order chi connectivity index (χ0) is 19.6. The lowest BCUT2D eigenvalue weighted by Gasteiger charge is -2.15. The van der Waals surface area contributed by atoms with Gasteiger partial charge in [-0.05, 0) is 38.5 Å². The summed E-state index contributed by atoms with van der Waals surface area (Å²) in [5, 5.41) is 16.4. The molecule has 27 heavy (non-hydrogen) atoms. The van der Waals surface area contributed by atoms with E-state index in [0.29, 0.717) is 18.3 Å². The molecule has 0 aliphatic heterocycles. The highest BCUT2D eigenvalue weighted by Crippen LogP contribution is 2.20. The highest BCUT2D eigenvalue weighted by Gasteiger charge is 2.10. The minimum atomic E-state index is -3.03. The van der Waals surface area contributed by atoms with E-state index in [0.717, 1.165) is 5.56 Å². The number of aliphatic hydroxyl groups is 1. The van der Waals surface area contributed by atoms with Crippen LogP contribution in [-0.4, -0.2) is 56.7 Å². The van der Waals surface area contributed by atoms with Crippen LogP contribution in [0.4, 0.5) is 0 Å². The van der Waals surface area contributed by atoms with Crippen LogP contribution < -0.4 is 15.4 Å². The molecule has 0 aromatic heterocycles. The quantitative estimate of drug-likeness (QED) is 0.252. The summed E-state index contributed by atoms with van der Waals surface area (Å²) in [6.45, 7) is 8.50. The molecule has 1 aromatic rings. The van der Waals surface area contributed by atoms with Crippen LogP contribution in [0.5, 0.6) is 5.75 Å². The maximum atomic E-state index is 11.5. The van der Waals surface area contributed by atoms with Crippen LogP contribution >= 0.6 is 24.0 Å². The third-order valence-corrected chi connectivity index (χ3v) is 5.23. The van der Waals surface area contributed by atoms with Crippen molar-refractivity contribution in [3.63, 3.8) is 0 Å². The number of guanidine groups is 1. The van der Waals surface area contributed by atoms with Gasteiger partial charge in [0.1, 0.15) is 5.75 Å². The van der Waals surface area contributed by atoms with Gasteiger partial charge in [-0.15, -0.1) is 24.0 Å². The van der Waals surface area contributed by atoms with Crippen LogP contribution in [0.15, 0.2) is 29.3 Å². The minimum absolute atomic E-state index is 0. The second kappa shape index (κ2) is 13.2. The van der Waals surface area contributed by atoms with Gasteiger partial charge in [-0.25, -0.2) is 8.42 Å². The molecule has 0 aliphatic carbocycles. The summed E-state index contributed by atoms with van der Waals surface area (Å²) in [4.78, 5) is 4.33. The molecule has 0 saturated heterocycles. The Hall–Kier alpha value is -1.07. The van der Waals surface area contributed by atoms with Gasteiger partial charge in [0.2, 0.25) is 0 Å². The number of benzene rings is 1. The molecule has 9 heteroatoms. The smallest absolute Gasteiger partial charge is 0.191 e. The molecule has 0 spiro atoms. The van der Waals surface area contributed by atoms with E-state index in [9.17, 15) is 13.5 Å². The maximum absolute atomic E-state index is 11.5. The van der Waals surface area contributed by atoms with Gasteiger partial charge in [0.05, 0.1) is 24.5 Å². The van der Waals surface area contributed by atoms with E-state index in [1.807, 2.05) is 39.0 Å². The first-order chi connectivity index (χ1) is 12.3. The number of nitrogens with one attached hydrogen (secondary N) is 2. The molecule has 0 fully saturated rings. The van der Waals surface area contributed by atoms with Gasteiger partial charge in [-0.3, -0.25) is 4.99 Å². The van der Waals surface area contributed by atoms with Gasteiger partial charge in [0.15, 0.2) is 15.8 Å². The average molecular weight is 513 g/mol. The summed E-state index contributed by atoms with van der Waals surface area (Å²) in [7, 11) is -3.03. The predicted molar refractivity (Wildman–Crippen MR) is 121 cm³/mol. The van der Waals surface area contributed by atoms with E-state index >= 15 is 0 Å². The number of hydrogen-bond donors (Lipinski definition) is 3. The van der Waals surface area contributed by atoms with Crippen molar-refractivity contribution in [1.29, 1.82) is 0 Å². The van der Waals surface area contributed by atoms with Crippen molar-refractivity contribution in [2.75, 3.05) is 31.1 Å². The Bertz CT molecular complexity index is 681. The van der Waals surface area contributed by atoms with Gasteiger partial charge in [-0.2, -0.15) is 0 Å². The number of halogens is 1. The lowest BCUT2D eigenvalue weighted by atomic mass is 10.1. The Morgan fingerprint density at radius 1 is 1.26 bits per heavy atom. The number of rotatable bonds is 10. The molecule has 0 saturated carbocycles. The SMILES string of the molecule is CCNC(=NCC(O)c1cccc(OC(C)C)c1)NCCS(=O)(=O)CC.I. The fraction of sp³-hybridized carbons (Fsp3) is 0.611. The number of ether oxygens (including phenoxy) is 1. The molecular weight excluding hydrogens is 481 g/mol. The van der Waals surface area contributed by atoms with Gasteiger partial charge >= 0.3 is 0 Å². The van der Waals surface area contributed by atoms with E-state index in [-0.39, 0.29) is 54.7 Å². The second-order valence-electron chi connectivity index (χ2n) is 6.14. The van der Waals surface area contributed by atoms with E-state index in [2.05, 4.69) is 15.6 Å². The fourth-order valence-corrected chi connectivity index (χ4v) is 2.86. The molecule has 0 heterocycles. The first kappa shape index (κ1) is 25.9. The molecule has 156 valence electrons. The fourth-order valence-electron chi connectivity index (χ4n) is 2.16. The Morgan fingerprint density at radius 2 is 1.96 bits per heavy atom. The van der Waals surface area contributed by atoms with E-state index in [1.165, 1.54) is 0 Å². The average Bonchev–Trinajstić information content (AvgIpc) is 2.59. The van der Waals surface area contributed by atoms with Crippen LogP contribution in [0, 0.1) is 0 Å². The number of sulfone groups is 1. The molecule has 0 bridgehead atoms. The zero-order valence-electron chi connectivity index (χ0n) is 16.4. The maximum Gasteiger partial charge on any atom is 0.191 e. The van der Waals surface area contributed by atoms with Crippen molar-refractivity contribution in [3.8, 4) is 5.75 Å². The standard InChI is InChI=1S/C18H31N3O4S.HI/c1-5-19-18(20-10-11-26(23,24)6-2)21-13-17(22)15-8-7-9-16(12-15)25-14(3)4;/h7-9,12,14,17,22H,5-6,10-11,13H2,1-4H3,(H2,19,20,21);1H. The van der Waals surface area contributed by atoms with Crippen molar-refractivity contribution < 1.29 is 18.3 Å². The monoisotopic (exact) mass is 513 g/mol.